The summed E-state index contributed by atoms with van der Waals surface area (Å²) in [7, 11) is 0. The van der Waals surface area contributed by atoms with Crippen LogP contribution < -0.4 is 0 Å². The van der Waals surface area contributed by atoms with Crippen LogP contribution in [0, 0.1) is 0 Å². The fraction of sp³-hybridized carbons (Fsp3) is 0.533. The smallest absolute Gasteiger partial charge is 0.266 e. The Morgan fingerprint density at radius 3 is 2.56 bits per heavy atom. The first-order valence-electron chi connectivity index (χ1n) is 6.52. The summed E-state index contributed by atoms with van der Waals surface area (Å²) in [6.07, 6.45) is 4.12. The maximum atomic E-state index is 14.0. The van der Waals surface area contributed by atoms with E-state index in [1.54, 1.807) is 26.8 Å². The SMILES string of the molecule is CC(C)(C)N(F)C(=O)c1cccc2c1CCCC2. The van der Waals surface area contributed by atoms with E-state index in [2.05, 4.69) is 0 Å². The Morgan fingerprint density at radius 2 is 1.89 bits per heavy atom. The number of carbonyl (C=O) groups excluding carboxylic acids is 1. The minimum atomic E-state index is -0.797. The highest BCUT2D eigenvalue weighted by Crippen LogP contribution is 2.27. The lowest BCUT2D eigenvalue weighted by atomic mass is 9.88. The molecule has 0 N–H and O–H groups in total. The van der Waals surface area contributed by atoms with Crippen molar-refractivity contribution in [3.05, 3.63) is 34.9 Å². The normalized spacial score (nSPS) is 15.1. The summed E-state index contributed by atoms with van der Waals surface area (Å²) in [5.74, 6) is -0.513. The number of carbonyl (C=O) groups is 1. The van der Waals surface area contributed by atoms with Crippen molar-refractivity contribution in [1.29, 1.82) is 0 Å². The van der Waals surface area contributed by atoms with Crippen molar-refractivity contribution >= 4 is 5.91 Å². The third kappa shape index (κ3) is 2.40. The van der Waals surface area contributed by atoms with Gasteiger partial charge in [0.15, 0.2) is 0 Å². The molecule has 1 aliphatic carbocycles. The minimum Gasteiger partial charge on any atom is -0.266 e. The number of nitrogens with zero attached hydrogens (tertiary/aromatic N) is 1. The van der Waals surface area contributed by atoms with Gasteiger partial charge in [-0.1, -0.05) is 16.6 Å². The second-order valence-corrected chi connectivity index (χ2v) is 5.91. The van der Waals surface area contributed by atoms with E-state index in [4.69, 9.17) is 0 Å². The third-order valence-electron chi connectivity index (χ3n) is 3.39. The molecule has 0 spiro atoms. The lowest BCUT2D eigenvalue weighted by Gasteiger charge is -2.28. The van der Waals surface area contributed by atoms with Gasteiger partial charge in [0.25, 0.3) is 5.91 Å². The molecule has 2 rings (SSSR count). The van der Waals surface area contributed by atoms with Crippen molar-refractivity contribution in [1.82, 2.24) is 5.12 Å². The van der Waals surface area contributed by atoms with Gasteiger partial charge in [0, 0.05) is 5.56 Å². The second-order valence-electron chi connectivity index (χ2n) is 5.91. The third-order valence-corrected chi connectivity index (χ3v) is 3.39. The van der Waals surface area contributed by atoms with Gasteiger partial charge < -0.3 is 0 Å². The molecule has 98 valence electrons. The van der Waals surface area contributed by atoms with Gasteiger partial charge in [-0.3, -0.25) is 4.79 Å². The minimum absolute atomic E-state index is 0.344. The summed E-state index contributed by atoms with van der Waals surface area (Å²) >= 11 is 0. The fourth-order valence-corrected chi connectivity index (χ4v) is 2.39. The number of hydrogen-bond acceptors (Lipinski definition) is 1. The summed E-state index contributed by atoms with van der Waals surface area (Å²) < 4.78 is 14.0. The monoisotopic (exact) mass is 249 g/mol. The van der Waals surface area contributed by atoms with Crippen molar-refractivity contribution in [3.8, 4) is 0 Å². The van der Waals surface area contributed by atoms with E-state index in [-0.39, 0.29) is 0 Å². The van der Waals surface area contributed by atoms with Gasteiger partial charge in [-0.25, -0.2) is 0 Å². The number of halogens is 1. The Labute approximate surface area is 108 Å². The van der Waals surface area contributed by atoms with Gasteiger partial charge in [-0.15, -0.1) is 0 Å². The molecule has 0 bridgehead atoms. The molecule has 0 saturated heterocycles. The zero-order valence-electron chi connectivity index (χ0n) is 11.3. The molecule has 2 nitrogen and oxygen atoms in total. The molecule has 1 aliphatic rings. The maximum Gasteiger partial charge on any atom is 0.282 e. The van der Waals surface area contributed by atoms with E-state index in [0.29, 0.717) is 10.7 Å². The van der Waals surface area contributed by atoms with Gasteiger partial charge in [0.05, 0.1) is 5.54 Å². The van der Waals surface area contributed by atoms with E-state index in [1.807, 2.05) is 12.1 Å². The molecule has 0 atom stereocenters. The van der Waals surface area contributed by atoms with Crippen LogP contribution in [0.2, 0.25) is 0 Å². The molecule has 0 heterocycles. The predicted molar refractivity (Wildman–Crippen MR) is 70.1 cm³/mol. The number of fused-ring (bicyclic) bond motifs is 1. The Morgan fingerprint density at radius 1 is 1.22 bits per heavy atom. The molecular formula is C15H20FNO. The van der Waals surface area contributed by atoms with Gasteiger partial charge in [-0.05, 0) is 63.6 Å². The van der Waals surface area contributed by atoms with E-state index < -0.39 is 11.4 Å². The molecule has 1 aromatic rings. The summed E-state index contributed by atoms with van der Waals surface area (Å²) in [6, 6.07) is 5.64. The first-order valence-corrected chi connectivity index (χ1v) is 6.52. The lowest BCUT2D eigenvalue weighted by Crippen LogP contribution is -2.40. The summed E-state index contributed by atoms with van der Waals surface area (Å²) in [6.45, 7) is 5.08. The van der Waals surface area contributed by atoms with Crippen molar-refractivity contribution in [2.45, 2.75) is 52.0 Å². The van der Waals surface area contributed by atoms with Crippen LogP contribution in [-0.2, 0) is 12.8 Å². The molecule has 0 aliphatic heterocycles. The number of benzene rings is 1. The summed E-state index contributed by atoms with van der Waals surface area (Å²) in [5, 5.41) is 0.344. The van der Waals surface area contributed by atoms with Gasteiger partial charge in [-0.2, -0.15) is 5.12 Å². The van der Waals surface area contributed by atoms with Crippen LogP contribution in [0.25, 0.3) is 0 Å². The lowest BCUT2D eigenvalue weighted by molar-refractivity contribution is -0.0323. The Balaban J connectivity index is 2.37. The molecule has 1 amide bonds. The van der Waals surface area contributed by atoms with E-state index >= 15 is 0 Å². The van der Waals surface area contributed by atoms with Crippen molar-refractivity contribution < 1.29 is 9.28 Å². The van der Waals surface area contributed by atoms with E-state index in [9.17, 15) is 9.28 Å². The number of hydrogen-bond donors (Lipinski definition) is 0. The summed E-state index contributed by atoms with van der Waals surface area (Å²) in [5.41, 5.74) is 1.98. The number of amides is 1. The van der Waals surface area contributed by atoms with Crippen LogP contribution in [-0.4, -0.2) is 16.6 Å². The highest BCUT2D eigenvalue weighted by Gasteiger charge is 2.30. The topological polar surface area (TPSA) is 20.3 Å². The van der Waals surface area contributed by atoms with Crippen LogP contribution in [0.5, 0.6) is 0 Å². The molecule has 0 aromatic heterocycles. The van der Waals surface area contributed by atoms with Gasteiger partial charge >= 0.3 is 0 Å². The van der Waals surface area contributed by atoms with Crippen LogP contribution in [0.1, 0.15) is 55.1 Å². The predicted octanol–water partition coefficient (Wildman–Crippen LogP) is 3.69. The van der Waals surface area contributed by atoms with Crippen molar-refractivity contribution in [2.24, 2.45) is 0 Å². The van der Waals surface area contributed by atoms with Crippen molar-refractivity contribution in [2.75, 3.05) is 0 Å². The van der Waals surface area contributed by atoms with Crippen LogP contribution in [0.3, 0.4) is 0 Å². The zero-order chi connectivity index (χ0) is 13.3. The molecule has 18 heavy (non-hydrogen) atoms. The fourth-order valence-electron chi connectivity index (χ4n) is 2.39. The maximum absolute atomic E-state index is 14.0. The Kier molecular flexibility index (Phi) is 3.42. The number of aryl methyl sites for hydroxylation is 1. The number of rotatable bonds is 1. The molecule has 0 radical (unpaired) electrons. The molecule has 0 saturated carbocycles. The average molecular weight is 249 g/mol. The Bertz CT molecular complexity index is 462. The molecule has 1 aromatic carbocycles. The van der Waals surface area contributed by atoms with Crippen LogP contribution >= 0.6 is 0 Å². The molecular weight excluding hydrogens is 229 g/mol. The zero-order valence-corrected chi connectivity index (χ0v) is 11.3. The van der Waals surface area contributed by atoms with Crippen LogP contribution in [0.15, 0.2) is 18.2 Å². The second kappa shape index (κ2) is 4.71. The largest absolute Gasteiger partial charge is 0.282 e. The van der Waals surface area contributed by atoms with Gasteiger partial charge in [0.2, 0.25) is 0 Å². The highest BCUT2D eigenvalue weighted by molar-refractivity contribution is 5.95. The molecule has 0 fully saturated rings. The highest BCUT2D eigenvalue weighted by atomic mass is 19.2. The first-order chi connectivity index (χ1) is 8.41. The van der Waals surface area contributed by atoms with E-state index in [1.165, 1.54) is 5.56 Å². The first kappa shape index (κ1) is 13.1. The van der Waals surface area contributed by atoms with Gasteiger partial charge in [0.1, 0.15) is 0 Å². The quantitative estimate of drug-likeness (QED) is 0.695. The van der Waals surface area contributed by atoms with Crippen molar-refractivity contribution in [3.63, 3.8) is 0 Å². The Hall–Kier alpha value is -1.38. The van der Waals surface area contributed by atoms with Crippen LogP contribution in [0.4, 0.5) is 4.48 Å². The standard InChI is InChI=1S/C15H20FNO/c1-15(2,3)17(16)14(18)13-10-6-8-11-7-4-5-9-12(11)13/h6,8,10H,4-5,7,9H2,1-3H3. The molecule has 0 unspecified atom stereocenters. The molecule has 3 heteroatoms. The summed E-state index contributed by atoms with van der Waals surface area (Å²) in [4.78, 5) is 12.2. The van der Waals surface area contributed by atoms with E-state index in [0.717, 1.165) is 31.2 Å². The average Bonchev–Trinajstić information content (AvgIpc) is 2.35.